The third kappa shape index (κ3) is 4.69. The molecule has 2 N–H and O–H groups in total. The van der Waals surface area contributed by atoms with Crippen molar-refractivity contribution < 1.29 is 14.3 Å². The molecule has 1 fully saturated rings. The van der Waals surface area contributed by atoms with E-state index in [0.717, 1.165) is 35.0 Å². The Morgan fingerprint density at radius 3 is 2.78 bits per heavy atom. The molecule has 27 heavy (non-hydrogen) atoms. The third-order valence-corrected chi connectivity index (χ3v) is 6.35. The standard InChI is InChI=1S/C17H22N4O4S2/c1-9-10(2)27-14-13(9)15(23)21(6-7-25-3)17(20-14)26-8-12(22)19-16(24)18-11-4-5-11/h11H,4-8H2,1-3H3,(H2,18,19,22,24). The fourth-order valence-corrected chi connectivity index (χ4v) is 4.44. The van der Waals surface area contributed by atoms with Crippen LogP contribution < -0.4 is 16.2 Å². The van der Waals surface area contributed by atoms with E-state index in [1.807, 2.05) is 13.8 Å². The summed E-state index contributed by atoms with van der Waals surface area (Å²) < 4.78 is 6.63. The van der Waals surface area contributed by atoms with Gasteiger partial charge < -0.3 is 10.1 Å². The average Bonchev–Trinajstić information content (AvgIpc) is 3.37. The molecular formula is C17H22N4O4S2. The zero-order valence-corrected chi connectivity index (χ0v) is 17.1. The van der Waals surface area contributed by atoms with Crippen LogP contribution in [0.15, 0.2) is 9.95 Å². The van der Waals surface area contributed by atoms with Crippen LogP contribution in [0.25, 0.3) is 10.2 Å². The first-order valence-electron chi connectivity index (χ1n) is 8.63. The maximum atomic E-state index is 12.9. The summed E-state index contributed by atoms with van der Waals surface area (Å²) in [6, 6.07) is -0.299. The molecule has 10 heteroatoms. The summed E-state index contributed by atoms with van der Waals surface area (Å²) in [6.07, 6.45) is 1.90. The van der Waals surface area contributed by atoms with Crippen molar-refractivity contribution in [1.82, 2.24) is 20.2 Å². The summed E-state index contributed by atoms with van der Waals surface area (Å²) in [5, 5.41) is 6.07. The lowest BCUT2D eigenvalue weighted by Crippen LogP contribution is -2.41. The van der Waals surface area contributed by atoms with E-state index in [0.29, 0.717) is 28.5 Å². The van der Waals surface area contributed by atoms with Crippen molar-refractivity contribution >= 4 is 45.3 Å². The molecule has 8 nitrogen and oxygen atoms in total. The molecule has 0 aliphatic heterocycles. The molecule has 2 aromatic rings. The van der Waals surface area contributed by atoms with Crippen LogP contribution in [0.1, 0.15) is 23.3 Å². The number of thioether (sulfide) groups is 1. The first-order valence-corrected chi connectivity index (χ1v) is 10.4. The summed E-state index contributed by atoms with van der Waals surface area (Å²) >= 11 is 2.60. The van der Waals surface area contributed by atoms with E-state index in [9.17, 15) is 14.4 Å². The van der Waals surface area contributed by atoms with Gasteiger partial charge in [-0.25, -0.2) is 9.78 Å². The number of thiophene rings is 1. The Balaban J connectivity index is 1.78. The molecule has 2 heterocycles. The second-order valence-corrected chi connectivity index (χ2v) is 8.54. The zero-order chi connectivity index (χ0) is 19.6. The molecule has 1 saturated carbocycles. The number of urea groups is 1. The second kappa shape index (κ2) is 8.41. The van der Waals surface area contributed by atoms with Gasteiger partial charge in [0.1, 0.15) is 4.83 Å². The summed E-state index contributed by atoms with van der Waals surface area (Å²) in [5.41, 5.74) is 0.804. The van der Waals surface area contributed by atoms with Crippen LogP contribution in [0.4, 0.5) is 4.79 Å². The van der Waals surface area contributed by atoms with Crippen molar-refractivity contribution in [3.8, 4) is 0 Å². The van der Waals surface area contributed by atoms with Gasteiger partial charge in [0.15, 0.2) is 5.16 Å². The van der Waals surface area contributed by atoms with Gasteiger partial charge in [0, 0.05) is 18.0 Å². The van der Waals surface area contributed by atoms with E-state index < -0.39 is 11.9 Å². The maximum absolute atomic E-state index is 12.9. The first-order chi connectivity index (χ1) is 12.9. The quantitative estimate of drug-likeness (QED) is 0.533. The number of methoxy groups -OCH3 is 1. The minimum atomic E-state index is -0.479. The average molecular weight is 411 g/mol. The predicted octanol–water partition coefficient (Wildman–Crippen LogP) is 1.80. The highest BCUT2D eigenvalue weighted by molar-refractivity contribution is 7.99. The normalized spacial score (nSPS) is 13.7. The lowest BCUT2D eigenvalue weighted by molar-refractivity contribution is -0.117. The first kappa shape index (κ1) is 19.8. The molecule has 2 aromatic heterocycles. The van der Waals surface area contributed by atoms with Crippen LogP contribution in [-0.4, -0.2) is 47.0 Å². The number of hydrogen-bond donors (Lipinski definition) is 2. The number of hydrogen-bond acceptors (Lipinski definition) is 7. The molecule has 0 spiro atoms. The van der Waals surface area contributed by atoms with Crippen molar-refractivity contribution in [3.05, 3.63) is 20.8 Å². The molecule has 0 radical (unpaired) electrons. The number of nitrogens with one attached hydrogen (secondary N) is 2. The van der Waals surface area contributed by atoms with Gasteiger partial charge in [0.25, 0.3) is 5.56 Å². The van der Waals surface area contributed by atoms with Crippen molar-refractivity contribution in [3.63, 3.8) is 0 Å². The zero-order valence-electron chi connectivity index (χ0n) is 15.5. The lowest BCUT2D eigenvalue weighted by Gasteiger charge is -2.12. The van der Waals surface area contributed by atoms with E-state index in [4.69, 9.17) is 4.74 Å². The summed E-state index contributed by atoms with van der Waals surface area (Å²) in [6.45, 7) is 4.58. The van der Waals surface area contributed by atoms with Crippen LogP contribution in [0, 0.1) is 13.8 Å². The number of carbonyl (C=O) groups excluding carboxylic acids is 2. The SMILES string of the molecule is COCCn1c(SCC(=O)NC(=O)NC2CC2)nc2sc(C)c(C)c2c1=O. The van der Waals surface area contributed by atoms with Crippen molar-refractivity contribution in [2.75, 3.05) is 19.5 Å². The Kier molecular flexibility index (Phi) is 6.18. The second-order valence-electron chi connectivity index (χ2n) is 6.39. The van der Waals surface area contributed by atoms with Crippen LogP contribution in [-0.2, 0) is 16.1 Å². The van der Waals surface area contributed by atoms with Gasteiger partial charge >= 0.3 is 6.03 Å². The van der Waals surface area contributed by atoms with E-state index in [1.54, 1.807) is 7.11 Å². The Labute approximate surface area is 164 Å². The van der Waals surface area contributed by atoms with Gasteiger partial charge in [0.2, 0.25) is 5.91 Å². The maximum Gasteiger partial charge on any atom is 0.321 e. The van der Waals surface area contributed by atoms with E-state index in [1.165, 1.54) is 15.9 Å². The Bertz CT molecular complexity index is 933. The van der Waals surface area contributed by atoms with Crippen LogP contribution in [0.2, 0.25) is 0 Å². The number of fused-ring (bicyclic) bond motifs is 1. The summed E-state index contributed by atoms with van der Waals surface area (Å²) in [4.78, 5) is 42.9. The van der Waals surface area contributed by atoms with Gasteiger partial charge in [-0.3, -0.25) is 19.5 Å². The highest BCUT2D eigenvalue weighted by Crippen LogP contribution is 2.28. The predicted molar refractivity (Wildman–Crippen MR) is 106 cm³/mol. The Morgan fingerprint density at radius 2 is 2.11 bits per heavy atom. The minimum absolute atomic E-state index is 0.00758. The third-order valence-electron chi connectivity index (χ3n) is 4.27. The van der Waals surface area contributed by atoms with Crippen molar-refractivity contribution in [2.45, 2.75) is 44.4 Å². The van der Waals surface area contributed by atoms with Crippen LogP contribution in [0.5, 0.6) is 0 Å². The number of aromatic nitrogens is 2. The van der Waals surface area contributed by atoms with Crippen molar-refractivity contribution in [1.29, 1.82) is 0 Å². The molecule has 1 aliphatic carbocycles. The number of carbonyl (C=O) groups is 2. The smallest absolute Gasteiger partial charge is 0.321 e. The molecule has 0 unspecified atom stereocenters. The molecule has 3 rings (SSSR count). The molecule has 0 saturated heterocycles. The fourth-order valence-electron chi connectivity index (χ4n) is 2.54. The molecule has 0 atom stereocenters. The minimum Gasteiger partial charge on any atom is -0.383 e. The molecule has 1 aliphatic rings. The van der Waals surface area contributed by atoms with E-state index >= 15 is 0 Å². The fraction of sp³-hybridized carbons (Fsp3) is 0.529. The topological polar surface area (TPSA) is 102 Å². The number of rotatable bonds is 7. The lowest BCUT2D eigenvalue weighted by atomic mass is 10.2. The highest BCUT2D eigenvalue weighted by Gasteiger charge is 2.24. The molecule has 0 bridgehead atoms. The summed E-state index contributed by atoms with van der Waals surface area (Å²) in [5.74, 6) is -0.434. The van der Waals surface area contributed by atoms with Gasteiger partial charge in [-0.05, 0) is 32.3 Å². The number of imide groups is 1. The molecule has 146 valence electrons. The Morgan fingerprint density at radius 1 is 1.37 bits per heavy atom. The van der Waals surface area contributed by atoms with Gasteiger partial charge in [-0.15, -0.1) is 11.3 Å². The number of nitrogens with zero attached hydrogens (tertiary/aromatic N) is 2. The van der Waals surface area contributed by atoms with Crippen molar-refractivity contribution in [2.24, 2.45) is 0 Å². The molecular weight excluding hydrogens is 388 g/mol. The van der Waals surface area contributed by atoms with Gasteiger partial charge in [0.05, 0.1) is 24.3 Å². The monoisotopic (exact) mass is 410 g/mol. The largest absolute Gasteiger partial charge is 0.383 e. The van der Waals surface area contributed by atoms with Crippen LogP contribution in [0.3, 0.4) is 0 Å². The molecule has 0 aromatic carbocycles. The number of amides is 3. The van der Waals surface area contributed by atoms with E-state index in [2.05, 4.69) is 15.6 Å². The highest BCUT2D eigenvalue weighted by atomic mass is 32.2. The van der Waals surface area contributed by atoms with Crippen LogP contribution >= 0.6 is 23.1 Å². The molecule has 3 amide bonds. The number of aryl methyl sites for hydroxylation is 2. The summed E-state index contributed by atoms with van der Waals surface area (Å²) in [7, 11) is 1.57. The number of ether oxygens (including phenoxy) is 1. The van der Waals surface area contributed by atoms with Gasteiger partial charge in [-0.2, -0.15) is 0 Å². The van der Waals surface area contributed by atoms with E-state index in [-0.39, 0.29) is 17.4 Å². The van der Waals surface area contributed by atoms with Gasteiger partial charge in [-0.1, -0.05) is 11.8 Å². The Hall–Kier alpha value is -1.91.